The highest BCUT2D eigenvalue weighted by Crippen LogP contribution is 2.37. The molecule has 176 valence electrons. The number of thiazole rings is 1. The summed E-state index contributed by atoms with van der Waals surface area (Å²) >= 11 is 7.58. The van der Waals surface area contributed by atoms with Gasteiger partial charge in [-0.3, -0.25) is 4.79 Å². The van der Waals surface area contributed by atoms with E-state index in [4.69, 9.17) is 11.6 Å². The quantitative estimate of drug-likeness (QED) is 0.342. The second-order valence-corrected chi connectivity index (χ2v) is 9.57. The Kier molecular flexibility index (Phi) is 5.73. The monoisotopic (exact) mass is 506 g/mol. The third kappa shape index (κ3) is 4.47. The third-order valence-electron chi connectivity index (χ3n) is 5.56. The summed E-state index contributed by atoms with van der Waals surface area (Å²) in [6.07, 6.45) is -3.34. The number of amides is 1. The van der Waals surface area contributed by atoms with Gasteiger partial charge in [0.1, 0.15) is 17.3 Å². The Morgan fingerprint density at radius 2 is 2.06 bits per heavy atom. The molecule has 0 bridgehead atoms. The van der Waals surface area contributed by atoms with Gasteiger partial charge in [-0.25, -0.2) is 9.97 Å². The van der Waals surface area contributed by atoms with Gasteiger partial charge in [-0.2, -0.15) is 0 Å². The van der Waals surface area contributed by atoms with E-state index < -0.39 is 6.36 Å². The van der Waals surface area contributed by atoms with Crippen molar-refractivity contribution in [3.8, 4) is 16.2 Å². The Balaban J connectivity index is 1.46. The van der Waals surface area contributed by atoms with Crippen molar-refractivity contribution in [3.05, 3.63) is 64.0 Å². The van der Waals surface area contributed by atoms with Crippen LogP contribution in [0.15, 0.2) is 42.5 Å². The molecule has 2 aromatic carbocycles. The largest absolute Gasteiger partial charge is 0.573 e. The van der Waals surface area contributed by atoms with Gasteiger partial charge in [0, 0.05) is 17.6 Å². The highest BCUT2D eigenvalue weighted by Gasteiger charge is 2.35. The van der Waals surface area contributed by atoms with Crippen molar-refractivity contribution < 1.29 is 22.7 Å². The minimum absolute atomic E-state index is 0.219. The number of benzene rings is 2. The van der Waals surface area contributed by atoms with E-state index in [-0.39, 0.29) is 17.7 Å². The number of carbonyl (C=O) groups excluding carboxylic acids is 1. The standard InChI is InChI=1S/C23H18ClF3N4O2S/c1-12-28-19(20(34-12)13-4-2-5-14(24)10-13)22(32)31-9-3-6-18(31)21-29-16-8-7-15(11-17(16)30-21)33-23(25,26)27/h2,4-5,7-8,10-11,18H,3,6,9H2,1H3,(H,29,30). The van der Waals surface area contributed by atoms with Gasteiger partial charge >= 0.3 is 6.36 Å². The number of ether oxygens (including phenoxy) is 1. The lowest BCUT2D eigenvalue weighted by atomic mass is 10.1. The van der Waals surface area contributed by atoms with Crippen LogP contribution in [0, 0.1) is 6.92 Å². The van der Waals surface area contributed by atoms with Crippen molar-refractivity contribution in [1.29, 1.82) is 0 Å². The van der Waals surface area contributed by atoms with Crippen LogP contribution in [-0.4, -0.2) is 38.7 Å². The number of halogens is 4. The maximum atomic E-state index is 13.6. The number of imidazole rings is 1. The SMILES string of the molecule is Cc1nc(C(=O)N2CCCC2c2nc3ccc(OC(F)(F)F)cc3[nH]2)c(-c2cccc(Cl)c2)s1. The van der Waals surface area contributed by atoms with Crippen molar-refractivity contribution in [3.63, 3.8) is 0 Å². The van der Waals surface area contributed by atoms with Gasteiger partial charge in [0.2, 0.25) is 0 Å². The van der Waals surface area contributed by atoms with Gasteiger partial charge in [-0.1, -0.05) is 23.7 Å². The molecule has 5 rings (SSSR count). The van der Waals surface area contributed by atoms with Crippen LogP contribution in [0.2, 0.25) is 5.02 Å². The van der Waals surface area contributed by atoms with Gasteiger partial charge in [0.15, 0.2) is 0 Å². The maximum absolute atomic E-state index is 13.6. The highest BCUT2D eigenvalue weighted by molar-refractivity contribution is 7.15. The van der Waals surface area contributed by atoms with Crippen LogP contribution >= 0.6 is 22.9 Å². The van der Waals surface area contributed by atoms with Crippen molar-refractivity contribution in [2.45, 2.75) is 32.2 Å². The average Bonchev–Trinajstić information content (AvgIpc) is 3.49. The van der Waals surface area contributed by atoms with Crippen molar-refractivity contribution in [2.75, 3.05) is 6.54 Å². The fourth-order valence-corrected chi connectivity index (χ4v) is 5.29. The topological polar surface area (TPSA) is 71.1 Å². The summed E-state index contributed by atoms with van der Waals surface area (Å²) < 4.78 is 41.7. The first-order valence-electron chi connectivity index (χ1n) is 10.5. The average molecular weight is 507 g/mol. The van der Waals surface area contributed by atoms with E-state index in [0.29, 0.717) is 40.5 Å². The van der Waals surface area contributed by atoms with E-state index in [2.05, 4.69) is 19.7 Å². The molecule has 1 unspecified atom stereocenters. The molecular formula is C23H18ClF3N4O2S. The van der Waals surface area contributed by atoms with E-state index in [1.54, 1.807) is 17.0 Å². The van der Waals surface area contributed by atoms with E-state index in [1.165, 1.54) is 29.5 Å². The molecule has 1 saturated heterocycles. The van der Waals surface area contributed by atoms with Crippen LogP contribution in [0.25, 0.3) is 21.5 Å². The Morgan fingerprint density at radius 3 is 2.82 bits per heavy atom. The lowest BCUT2D eigenvalue weighted by molar-refractivity contribution is -0.274. The molecule has 6 nitrogen and oxygen atoms in total. The summed E-state index contributed by atoms with van der Waals surface area (Å²) in [5.41, 5.74) is 2.07. The van der Waals surface area contributed by atoms with Gasteiger partial charge in [0.05, 0.1) is 27.0 Å². The summed E-state index contributed by atoms with van der Waals surface area (Å²) in [5, 5.41) is 1.33. The van der Waals surface area contributed by atoms with Crippen LogP contribution in [0.1, 0.15) is 40.2 Å². The van der Waals surface area contributed by atoms with E-state index >= 15 is 0 Å². The van der Waals surface area contributed by atoms with Crippen LogP contribution < -0.4 is 4.74 Å². The number of fused-ring (bicyclic) bond motifs is 1. The third-order valence-corrected chi connectivity index (χ3v) is 6.81. The Labute approximate surface area is 201 Å². The van der Waals surface area contributed by atoms with Crippen molar-refractivity contribution in [1.82, 2.24) is 19.9 Å². The number of aryl methyl sites for hydroxylation is 1. The molecule has 11 heteroatoms. The first-order valence-corrected chi connectivity index (χ1v) is 11.7. The number of H-pyrrole nitrogens is 1. The fraction of sp³-hybridized carbons (Fsp3) is 0.261. The van der Waals surface area contributed by atoms with Crippen LogP contribution in [-0.2, 0) is 0 Å². The zero-order valence-corrected chi connectivity index (χ0v) is 19.4. The van der Waals surface area contributed by atoms with Gasteiger partial charge in [0.25, 0.3) is 5.91 Å². The number of nitrogens with one attached hydrogen (secondary N) is 1. The number of alkyl halides is 3. The Hall–Kier alpha value is -3.11. The number of hydrogen-bond acceptors (Lipinski definition) is 5. The second kappa shape index (κ2) is 8.59. The Bertz CT molecular complexity index is 1380. The Morgan fingerprint density at radius 1 is 1.24 bits per heavy atom. The zero-order valence-electron chi connectivity index (χ0n) is 17.8. The molecule has 34 heavy (non-hydrogen) atoms. The van der Waals surface area contributed by atoms with E-state index in [9.17, 15) is 18.0 Å². The summed E-state index contributed by atoms with van der Waals surface area (Å²) in [5.74, 6) is -0.0386. The number of carbonyl (C=O) groups is 1. The first kappa shape index (κ1) is 22.7. The number of nitrogens with zero attached hydrogens (tertiary/aromatic N) is 3. The lowest BCUT2D eigenvalue weighted by Gasteiger charge is -2.22. The van der Waals surface area contributed by atoms with E-state index in [1.807, 2.05) is 19.1 Å². The summed E-state index contributed by atoms with van der Waals surface area (Å²) in [4.78, 5) is 28.2. The predicted octanol–water partition coefficient (Wildman–Crippen LogP) is 6.52. The summed E-state index contributed by atoms with van der Waals surface area (Å²) in [7, 11) is 0. The number of hydrogen-bond donors (Lipinski definition) is 1. The van der Waals surface area contributed by atoms with Crippen LogP contribution in [0.4, 0.5) is 13.2 Å². The molecular weight excluding hydrogens is 489 g/mol. The molecule has 1 atom stereocenters. The molecule has 1 N–H and O–H groups in total. The highest BCUT2D eigenvalue weighted by atomic mass is 35.5. The van der Waals surface area contributed by atoms with Crippen LogP contribution in [0.3, 0.4) is 0 Å². The number of rotatable bonds is 4. The zero-order chi connectivity index (χ0) is 24.0. The molecule has 0 spiro atoms. The lowest BCUT2D eigenvalue weighted by Crippen LogP contribution is -2.31. The van der Waals surface area contributed by atoms with Crippen molar-refractivity contribution in [2.24, 2.45) is 0 Å². The van der Waals surface area contributed by atoms with Gasteiger partial charge in [-0.05, 0) is 49.6 Å². The molecule has 1 aliphatic heterocycles. The number of aromatic amines is 1. The van der Waals surface area contributed by atoms with Gasteiger partial charge < -0.3 is 14.6 Å². The molecule has 3 heterocycles. The van der Waals surface area contributed by atoms with Crippen molar-refractivity contribution >= 4 is 39.9 Å². The predicted molar refractivity (Wildman–Crippen MR) is 123 cm³/mol. The molecule has 0 radical (unpaired) electrons. The fourth-order valence-electron chi connectivity index (χ4n) is 4.19. The number of likely N-dealkylation sites (tertiary alicyclic amines) is 1. The normalized spacial score (nSPS) is 16.4. The second-order valence-electron chi connectivity index (χ2n) is 7.93. The number of aromatic nitrogens is 3. The minimum atomic E-state index is -4.78. The molecule has 0 aliphatic carbocycles. The van der Waals surface area contributed by atoms with Crippen LogP contribution in [0.5, 0.6) is 5.75 Å². The first-order chi connectivity index (χ1) is 16.2. The molecule has 0 saturated carbocycles. The summed E-state index contributed by atoms with van der Waals surface area (Å²) in [6, 6.07) is 10.9. The molecule has 2 aromatic heterocycles. The van der Waals surface area contributed by atoms with E-state index in [0.717, 1.165) is 21.9 Å². The molecule has 1 aliphatic rings. The maximum Gasteiger partial charge on any atom is 0.573 e. The van der Waals surface area contributed by atoms with Gasteiger partial charge in [-0.15, -0.1) is 24.5 Å². The molecule has 1 amide bonds. The summed E-state index contributed by atoms with van der Waals surface area (Å²) in [6.45, 7) is 2.37. The molecule has 1 fully saturated rings. The molecule has 4 aromatic rings. The smallest absolute Gasteiger partial charge is 0.406 e. The minimum Gasteiger partial charge on any atom is -0.406 e.